The van der Waals surface area contributed by atoms with Crippen LogP contribution in [-0.2, 0) is 19.9 Å². The molecule has 1 heterocycles. The molecule has 148 valence electrons. The van der Waals surface area contributed by atoms with Gasteiger partial charge >= 0.3 is 5.97 Å². The minimum absolute atomic E-state index is 0.0243. The molecule has 3 aromatic carbocycles. The molecule has 10 heteroatoms. The summed E-state index contributed by atoms with van der Waals surface area (Å²) < 4.78 is 59.0. The average Bonchev–Trinajstić information content (AvgIpc) is 2.68. The summed E-state index contributed by atoms with van der Waals surface area (Å²) >= 11 is 0. The Morgan fingerprint density at radius 1 is 0.897 bits per heavy atom. The molecule has 0 saturated carbocycles. The fraction of sp³-hybridized carbons (Fsp3) is 0. The number of carbonyl (C=O) groups is 1. The quantitative estimate of drug-likeness (QED) is 0.508. The second-order valence-electron chi connectivity index (χ2n) is 6.12. The molecule has 0 atom stereocenters. The molecule has 0 bridgehead atoms. The van der Waals surface area contributed by atoms with Crippen LogP contribution in [0.3, 0.4) is 0 Å². The standard InChI is InChI=1S/C19H13NO7S2/c21-19(22)13-5-1-3-7-16(13)29(25,26)20-12-9-10-15-18(11-12)28(23,24)17-8-4-2-6-14(17)27-15/h1-11,20H,(H,21,22). The Morgan fingerprint density at radius 2 is 1.55 bits per heavy atom. The third-order valence-corrected chi connectivity index (χ3v) is 7.50. The van der Waals surface area contributed by atoms with Gasteiger partial charge in [-0.1, -0.05) is 24.3 Å². The molecule has 0 saturated heterocycles. The van der Waals surface area contributed by atoms with Crippen molar-refractivity contribution in [2.24, 2.45) is 0 Å². The molecule has 2 N–H and O–H groups in total. The first-order valence-corrected chi connectivity index (χ1v) is 11.2. The van der Waals surface area contributed by atoms with Crippen molar-refractivity contribution >= 4 is 31.5 Å². The van der Waals surface area contributed by atoms with E-state index in [4.69, 9.17) is 4.74 Å². The number of ether oxygens (including phenoxy) is 1. The number of sulfonamides is 1. The van der Waals surface area contributed by atoms with Gasteiger partial charge in [-0.05, 0) is 42.5 Å². The van der Waals surface area contributed by atoms with Gasteiger partial charge in [0.2, 0.25) is 9.84 Å². The Balaban J connectivity index is 1.76. The molecular formula is C19H13NO7S2. The summed E-state index contributed by atoms with van der Waals surface area (Å²) in [4.78, 5) is 10.7. The molecule has 0 aromatic heterocycles. The predicted molar refractivity (Wildman–Crippen MR) is 103 cm³/mol. The maximum Gasteiger partial charge on any atom is 0.337 e. The molecule has 0 fully saturated rings. The van der Waals surface area contributed by atoms with Crippen molar-refractivity contribution in [3.05, 3.63) is 72.3 Å². The first-order chi connectivity index (χ1) is 13.7. The minimum Gasteiger partial charge on any atom is -0.478 e. The largest absolute Gasteiger partial charge is 0.478 e. The van der Waals surface area contributed by atoms with Crippen molar-refractivity contribution in [2.45, 2.75) is 14.7 Å². The van der Waals surface area contributed by atoms with E-state index in [2.05, 4.69) is 4.72 Å². The van der Waals surface area contributed by atoms with Gasteiger partial charge in [0.05, 0.1) is 11.3 Å². The zero-order valence-corrected chi connectivity index (χ0v) is 16.2. The smallest absolute Gasteiger partial charge is 0.337 e. The minimum atomic E-state index is -4.28. The van der Waals surface area contributed by atoms with Gasteiger partial charge in [-0.25, -0.2) is 21.6 Å². The fourth-order valence-electron chi connectivity index (χ4n) is 2.95. The van der Waals surface area contributed by atoms with Gasteiger partial charge in [0, 0.05) is 0 Å². The lowest BCUT2D eigenvalue weighted by molar-refractivity contribution is 0.0692. The molecule has 0 spiro atoms. The number of para-hydroxylation sites is 1. The number of anilines is 1. The molecule has 1 aliphatic heterocycles. The van der Waals surface area contributed by atoms with Crippen LogP contribution in [0.2, 0.25) is 0 Å². The van der Waals surface area contributed by atoms with Crippen LogP contribution < -0.4 is 9.46 Å². The third kappa shape index (κ3) is 3.22. The van der Waals surface area contributed by atoms with Crippen LogP contribution in [0.1, 0.15) is 10.4 Å². The van der Waals surface area contributed by atoms with Crippen molar-refractivity contribution in [3.8, 4) is 11.5 Å². The number of carboxylic acids is 1. The van der Waals surface area contributed by atoms with Crippen LogP contribution in [0.5, 0.6) is 11.5 Å². The normalized spacial score (nSPS) is 14.2. The highest BCUT2D eigenvalue weighted by Crippen LogP contribution is 2.43. The maximum atomic E-state index is 12.9. The van der Waals surface area contributed by atoms with Crippen molar-refractivity contribution in [2.75, 3.05) is 4.72 Å². The summed E-state index contributed by atoms with van der Waals surface area (Å²) in [5.74, 6) is -1.15. The highest BCUT2D eigenvalue weighted by Gasteiger charge is 2.32. The van der Waals surface area contributed by atoms with Crippen LogP contribution in [0.25, 0.3) is 0 Å². The van der Waals surface area contributed by atoms with Gasteiger partial charge in [0.1, 0.15) is 26.2 Å². The number of nitrogens with one attached hydrogen (secondary N) is 1. The highest BCUT2D eigenvalue weighted by atomic mass is 32.2. The van der Waals surface area contributed by atoms with Gasteiger partial charge in [-0.3, -0.25) is 4.72 Å². The van der Waals surface area contributed by atoms with E-state index in [0.29, 0.717) is 0 Å². The summed E-state index contributed by atoms with van der Waals surface area (Å²) in [5, 5.41) is 9.23. The molecule has 0 amide bonds. The Kier molecular flexibility index (Phi) is 4.32. The van der Waals surface area contributed by atoms with E-state index in [1.165, 1.54) is 42.5 Å². The number of rotatable bonds is 4. The lowest BCUT2D eigenvalue weighted by Gasteiger charge is -2.21. The van der Waals surface area contributed by atoms with E-state index in [0.717, 1.165) is 12.1 Å². The molecule has 3 aromatic rings. The van der Waals surface area contributed by atoms with E-state index in [1.807, 2.05) is 0 Å². The molecule has 29 heavy (non-hydrogen) atoms. The molecule has 0 aliphatic carbocycles. The van der Waals surface area contributed by atoms with Crippen LogP contribution in [0.4, 0.5) is 5.69 Å². The van der Waals surface area contributed by atoms with E-state index < -0.39 is 36.3 Å². The number of aromatic carboxylic acids is 1. The van der Waals surface area contributed by atoms with Crippen LogP contribution >= 0.6 is 0 Å². The zero-order chi connectivity index (χ0) is 20.8. The number of fused-ring (bicyclic) bond motifs is 2. The summed E-state index contributed by atoms with van der Waals surface area (Å²) in [6.07, 6.45) is 0. The summed E-state index contributed by atoms with van der Waals surface area (Å²) in [6, 6.07) is 15.0. The SMILES string of the molecule is O=C(O)c1ccccc1S(=O)(=O)Nc1ccc2c(c1)S(=O)(=O)c1ccccc1O2. The molecular weight excluding hydrogens is 418 g/mol. The Labute approximate surface area is 166 Å². The Morgan fingerprint density at radius 3 is 2.31 bits per heavy atom. The molecule has 4 rings (SSSR count). The number of carboxylic acid groups (broad SMARTS) is 1. The van der Waals surface area contributed by atoms with Gasteiger partial charge in [-0.2, -0.15) is 0 Å². The van der Waals surface area contributed by atoms with Crippen molar-refractivity contribution in [3.63, 3.8) is 0 Å². The van der Waals surface area contributed by atoms with Crippen LogP contribution in [-0.4, -0.2) is 27.9 Å². The predicted octanol–water partition coefficient (Wildman–Crippen LogP) is 3.12. The fourth-order valence-corrected chi connectivity index (χ4v) is 5.72. The number of hydrogen-bond acceptors (Lipinski definition) is 6. The lowest BCUT2D eigenvalue weighted by Crippen LogP contribution is -2.17. The summed E-state index contributed by atoms with van der Waals surface area (Å²) in [7, 11) is -8.20. The van der Waals surface area contributed by atoms with Crippen LogP contribution in [0, 0.1) is 0 Å². The molecule has 0 radical (unpaired) electrons. The zero-order valence-electron chi connectivity index (χ0n) is 14.6. The number of benzene rings is 3. The van der Waals surface area contributed by atoms with Crippen molar-refractivity contribution in [1.82, 2.24) is 0 Å². The molecule has 0 unspecified atom stereocenters. The lowest BCUT2D eigenvalue weighted by atomic mass is 10.2. The second-order valence-corrected chi connectivity index (χ2v) is 9.66. The maximum absolute atomic E-state index is 12.9. The topological polar surface area (TPSA) is 127 Å². The second kappa shape index (κ2) is 6.61. The number of sulfone groups is 1. The molecule has 1 aliphatic rings. The highest BCUT2D eigenvalue weighted by molar-refractivity contribution is 7.93. The molecule has 8 nitrogen and oxygen atoms in total. The first-order valence-electron chi connectivity index (χ1n) is 8.21. The van der Waals surface area contributed by atoms with E-state index in [-0.39, 0.29) is 27.0 Å². The summed E-state index contributed by atoms with van der Waals surface area (Å²) in [6.45, 7) is 0. The van der Waals surface area contributed by atoms with Crippen LogP contribution in [0.15, 0.2) is 81.4 Å². The monoisotopic (exact) mass is 431 g/mol. The summed E-state index contributed by atoms with van der Waals surface area (Å²) in [5.41, 5.74) is -0.446. The first kappa shape index (κ1) is 19.0. The van der Waals surface area contributed by atoms with Gasteiger partial charge < -0.3 is 9.84 Å². The third-order valence-electron chi connectivity index (χ3n) is 4.25. The van der Waals surface area contributed by atoms with Gasteiger partial charge in [-0.15, -0.1) is 0 Å². The average molecular weight is 431 g/mol. The van der Waals surface area contributed by atoms with E-state index in [9.17, 15) is 26.7 Å². The Bertz CT molecular complexity index is 1360. The Hall–Kier alpha value is -3.37. The van der Waals surface area contributed by atoms with E-state index in [1.54, 1.807) is 12.1 Å². The van der Waals surface area contributed by atoms with E-state index >= 15 is 0 Å². The van der Waals surface area contributed by atoms with Crippen molar-refractivity contribution in [1.29, 1.82) is 0 Å². The van der Waals surface area contributed by atoms with Gasteiger partial charge in [0.15, 0.2) is 0 Å². The van der Waals surface area contributed by atoms with Crippen molar-refractivity contribution < 1.29 is 31.5 Å². The van der Waals surface area contributed by atoms with Gasteiger partial charge in [0.25, 0.3) is 10.0 Å². The number of hydrogen-bond donors (Lipinski definition) is 2.